The average Bonchev–Trinajstić information content (AvgIpc) is 2.82. The van der Waals surface area contributed by atoms with Gasteiger partial charge in [-0.1, -0.05) is 10.8 Å². The second-order valence-corrected chi connectivity index (χ2v) is 4.66. The van der Waals surface area contributed by atoms with Gasteiger partial charge in [-0.05, 0) is 6.92 Å². The minimum atomic E-state index is -0.784. The summed E-state index contributed by atoms with van der Waals surface area (Å²) in [5, 5.41) is 9.48. The van der Waals surface area contributed by atoms with Crippen molar-refractivity contribution in [3.63, 3.8) is 0 Å². The maximum absolute atomic E-state index is 9.48. The standard InChI is InChI=1S/C7H14O3S2/c1-7(8,12-11)2-3-9-4-6-5-10-6/h6,8,11H,2-5H2,1H3. The van der Waals surface area contributed by atoms with Gasteiger partial charge >= 0.3 is 0 Å². The summed E-state index contributed by atoms with van der Waals surface area (Å²) in [5.74, 6) is 0. The van der Waals surface area contributed by atoms with Crippen LogP contribution in [0.4, 0.5) is 0 Å². The largest absolute Gasteiger partial charge is 0.379 e. The molecule has 2 unspecified atom stereocenters. The lowest BCUT2D eigenvalue weighted by Crippen LogP contribution is -2.20. The van der Waals surface area contributed by atoms with Crippen molar-refractivity contribution in [1.82, 2.24) is 0 Å². The smallest absolute Gasteiger partial charge is 0.119 e. The third kappa shape index (κ3) is 4.57. The van der Waals surface area contributed by atoms with Gasteiger partial charge < -0.3 is 14.6 Å². The first-order chi connectivity index (χ1) is 5.64. The van der Waals surface area contributed by atoms with Crippen LogP contribution in [0, 0.1) is 0 Å². The molecule has 1 saturated heterocycles. The van der Waals surface area contributed by atoms with Gasteiger partial charge in [0.15, 0.2) is 0 Å². The zero-order valence-corrected chi connectivity index (χ0v) is 8.74. The molecule has 0 aliphatic carbocycles. The Morgan fingerprint density at radius 2 is 2.50 bits per heavy atom. The van der Waals surface area contributed by atoms with Gasteiger partial charge in [-0.15, -0.1) is 11.7 Å². The summed E-state index contributed by atoms with van der Waals surface area (Å²) in [6.07, 6.45) is 0.895. The van der Waals surface area contributed by atoms with Gasteiger partial charge in [0.25, 0.3) is 0 Å². The summed E-state index contributed by atoms with van der Waals surface area (Å²) in [6.45, 7) is 3.74. The molecule has 5 heteroatoms. The highest BCUT2D eigenvalue weighted by Crippen LogP contribution is 2.28. The van der Waals surface area contributed by atoms with E-state index in [1.165, 1.54) is 0 Å². The van der Waals surface area contributed by atoms with E-state index in [2.05, 4.69) is 11.7 Å². The molecule has 0 saturated carbocycles. The number of hydrogen-bond donors (Lipinski definition) is 2. The van der Waals surface area contributed by atoms with Crippen LogP contribution in [0.25, 0.3) is 0 Å². The van der Waals surface area contributed by atoms with E-state index in [-0.39, 0.29) is 0 Å². The molecule has 1 rings (SSSR count). The Balaban J connectivity index is 1.92. The molecule has 2 atom stereocenters. The molecule has 0 aromatic carbocycles. The van der Waals surface area contributed by atoms with E-state index < -0.39 is 4.93 Å². The van der Waals surface area contributed by atoms with Crippen LogP contribution in [0.2, 0.25) is 0 Å². The Hall–Kier alpha value is 0.580. The molecule has 1 aliphatic heterocycles. The van der Waals surface area contributed by atoms with E-state index >= 15 is 0 Å². The number of rotatable bonds is 6. The summed E-state index contributed by atoms with van der Waals surface area (Å²) in [5.41, 5.74) is 0. The number of ether oxygens (including phenoxy) is 2. The van der Waals surface area contributed by atoms with Crippen molar-refractivity contribution in [2.45, 2.75) is 24.4 Å². The molecule has 12 heavy (non-hydrogen) atoms. The topological polar surface area (TPSA) is 42.0 Å². The highest BCUT2D eigenvalue weighted by Gasteiger charge is 2.23. The number of aliphatic hydroxyl groups is 1. The molecule has 1 fully saturated rings. The van der Waals surface area contributed by atoms with Crippen LogP contribution in [0.5, 0.6) is 0 Å². The fourth-order valence-electron chi connectivity index (χ4n) is 0.686. The van der Waals surface area contributed by atoms with E-state index in [0.717, 1.165) is 17.4 Å². The molecule has 0 aromatic heterocycles. The van der Waals surface area contributed by atoms with Gasteiger partial charge in [0.1, 0.15) is 11.0 Å². The first-order valence-corrected chi connectivity index (χ1v) is 5.75. The minimum Gasteiger partial charge on any atom is -0.379 e. The Morgan fingerprint density at radius 3 is 3.00 bits per heavy atom. The molecule has 1 N–H and O–H groups in total. The van der Waals surface area contributed by atoms with Crippen molar-refractivity contribution in [2.24, 2.45) is 0 Å². The van der Waals surface area contributed by atoms with Gasteiger partial charge in [0, 0.05) is 6.42 Å². The highest BCUT2D eigenvalue weighted by atomic mass is 33.1. The van der Waals surface area contributed by atoms with Crippen molar-refractivity contribution in [3.05, 3.63) is 0 Å². The van der Waals surface area contributed by atoms with Gasteiger partial charge in [-0.25, -0.2) is 0 Å². The lowest BCUT2D eigenvalue weighted by Gasteiger charge is -2.18. The molecule has 0 aromatic rings. The van der Waals surface area contributed by atoms with Crippen molar-refractivity contribution >= 4 is 22.5 Å². The summed E-state index contributed by atoms with van der Waals surface area (Å²) in [4.78, 5) is -0.784. The van der Waals surface area contributed by atoms with E-state index in [9.17, 15) is 5.11 Å². The van der Waals surface area contributed by atoms with Gasteiger partial charge in [-0.2, -0.15) is 0 Å². The SMILES string of the molecule is CC(O)(CCOCC1CO1)SS. The minimum absolute atomic E-state index is 0.304. The summed E-state index contributed by atoms with van der Waals surface area (Å²) in [7, 11) is 1.14. The third-order valence-corrected chi connectivity index (χ3v) is 3.39. The molecular weight excluding hydrogens is 196 g/mol. The molecule has 0 bridgehead atoms. The van der Waals surface area contributed by atoms with Gasteiger partial charge in [-0.3, -0.25) is 0 Å². The molecule has 0 amide bonds. The maximum Gasteiger partial charge on any atom is 0.119 e. The van der Waals surface area contributed by atoms with Crippen LogP contribution in [-0.4, -0.2) is 36.0 Å². The second kappa shape index (κ2) is 4.72. The molecule has 1 aliphatic rings. The molecule has 0 spiro atoms. The fraction of sp³-hybridized carbons (Fsp3) is 1.00. The summed E-state index contributed by atoms with van der Waals surface area (Å²) >= 11 is 3.94. The maximum atomic E-state index is 9.48. The first-order valence-electron chi connectivity index (χ1n) is 3.88. The Morgan fingerprint density at radius 1 is 1.83 bits per heavy atom. The van der Waals surface area contributed by atoms with E-state index in [0.29, 0.717) is 25.7 Å². The Labute approximate surface area is 81.6 Å². The number of epoxide rings is 1. The molecule has 72 valence electrons. The van der Waals surface area contributed by atoms with Crippen molar-refractivity contribution in [2.75, 3.05) is 19.8 Å². The van der Waals surface area contributed by atoms with Crippen LogP contribution in [0.3, 0.4) is 0 Å². The van der Waals surface area contributed by atoms with Crippen LogP contribution < -0.4 is 0 Å². The number of hydrogen-bond acceptors (Lipinski definition) is 5. The van der Waals surface area contributed by atoms with Crippen molar-refractivity contribution in [3.8, 4) is 0 Å². The lowest BCUT2D eigenvalue weighted by molar-refractivity contribution is 0.0666. The lowest BCUT2D eigenvalue weighted by atomic mass is 10.3. The van der Waals surface area contributed by atoms with Crippen LogP contribution >= 0.6 is 22.5 Å². The molecule has 1 heterocycles. The Kier molecular flexibility index (Phi) is 4.19. The van der Waals surface area contributed by atoms with Crippen LogP contribution in [-0.2, 0) is 9.47 Å². The van der Waals surface area contributed by atoms with Gasteiger partial charge in [0.05, 0.1) is 19.8 Å². The van der Waals surface area contributed by atoms with Crippen molar-refractivity contribution in [1.29, 1.82) is 0 Å². The first kappa shape index (κ1) is 10.7. The zero-order valence-electron chi connectivity index (χ0n) is 7.02. The third-order valence-electron chi connectivity index (χ3n) is 1.61. The average molecular weight is 210 g/mol. The number of thiol groups is 1. The van der Waals surface area contributed by atoms with Crippen molar-refractivity contribution < 1.29 is 14.6 Å². The monoisotopic (exact) mass is 210 g/mol. The second-order valence-electron chi connectivity index (χ2n) is 3.05. The quantitative estimate of drug-likeness (QED) is 0.226. The van der Waals surface area contributed by atoms with Gasteiger partial charge in [0.2, 0.25) is 0 Å². The molecular formula is C7H14O3S2. The van der Waals surface area contributed by atoms with Crippen LogP contribution in [0.1, 0.15) is 13.3 Å². The fourth-order valence-corrected chi connectivity index (χ4v) is 1.13. The van der Waals surface area contributed by atoms with Crippen LogP contribution in [0.15, 0.2) is 0 Å². The predicted octanol–water partition coefficient (Wildman–Crippen LogP) is 1.08. The van der Waals surface area contributed by atoms with E-state index in [1.807, 2.05) is 0 Å². The highest BCUT2D eigenvalue weighted by molar-refractivity contribution is 8.69. The normalized spacial score (nSPS) is 26.8. The molecule has 3 nitrogen and oxygen atoms in total. The summed E-state index contributed by atoms with van der Waals surface area (Å²) in [6, 6.07) is 0. The molecule has 0 radical (unpaired) electrons. The summed E-state index contributed by atoms with van der Waals surface area (Å²) < 4.78 is 10.2. The van der Waals surface area contributed by atoms with E-state index in [4.69, 9.17) is 9.47 Å². The Bertz CT molecular complexity index is 137. The zero-order chi connectivity index (χ0) is 9.03. The predicted molar refractivity (Wildman–Crippen MR) is 52.4 cm³/mol. The van der Waals surface area contributed by atoms with E-state index in [1.54, 1.807) is 6.92 Å².